The van der Waals surface area contributed by atoms with Gasteiger partial charge in [-0.05, 0) is 35.9 Å². The second kappa shape index (κ2) is 10.3. The fraction of sp³-hybridized carbons (Fsp3) is 0.0370. The summed E-state index contributed by atoms with van der Waals surface area (Å²) in [5, 5.41) is 13.4. The van der Waals surface area contributed by atoms with E-state index in [1.54, 1.807) is 84.9 Å². The van der Waals surface area contributed by atoms with Crippen molar-refractivity contribution >= 4 is 33.2 Å². The van der Waals surface area contributed by atoms with E-state index in [2.05, 4.69) is 0 Å². The average Bonchev–Trinajstić information content (AvgIpc) is 2.85. The molecule has 4 aromatic rings. The van der Waals surface area contributed by atoms with Gasteiger partial charge < -0.3 is 10.5 Å². The summed E-state index contributed by atoms with van der Waals surface area (Å²) in [4.78, 5) is 13.1. The van der Waals surface area contributed by atoms with E-state index in [0.29, 0.717) is 44.3 Å². The Labute approximate surface area is 213 Å². The fourth-order valence-corrected chi connectivity index (χ4v) is 4.61. The van der Waals surface area contributed by atoms with E-state index in [4.69, 9.17) is 32.6 Å². The van der Waals surface area contributed by atoms with Gasteiger partial charge in [0.05, 0.1) is 4.90 Å². The third-order valence-corrected chi connectivity index (χ3v) is 6.67. The molecule has 4 rings (SSSR count). The number of nitrogen functional groups attached to an aromatic ring is 1. The number of amidine groups is 1. The largest absolute Gasteiger partial charge is 0.457 e. The highest BCUT2D eigenvalue weighted by molar-refractivity contribution is 7.89. The van der Waals surface area contributed by atoms with Crippen LogP contribution in [0.25, 0.3) is 11.1 Å². The van der Waals surface area contributed by atoms with Gasteiger partial charge in [-0.3, -0.25) is 10.2 Å². The van der Waals surface area contributed by atoms with Crippen molar-refractivity contribution < 1.29 is 17.9 Å². The molecule has 0 unspecified atom stereocenters. The molecule has 0 saturated carbocycles. The van der Waals surface area contributed by atoms with E-state index < -0.39 is 10.0 Å². The van der Waals surface area contributed by atoms with Crippen molar-refractivity contribution in [3.8, 4) is 22.6 Å². The fourth-order valence-electron chi connectivity index (χ4n) is 3.69. The summed E-state index contributed by atoms with van der Waals surface area (Å²) >= 11 is 6.17. The van der Waals surface area contributed by atoms with Crippen LogP contribution in [0.15, 0.2) is 95.9 Å². The molecule has 4 aromatic carbocycles. The number of halogens is 1. The van der Waals surface area contributed by atoms with Crippen LogP contribution in [0, 0.1) is 5.41 Å². The first-order valence-electron chi connectivity index (χ1n) is 10.8. The van der Waals surface area contributed by atoms with Crippen LogP contribution in [0.2, 0.25) is 5.02 Å². The molecule has 5 N–H and O–H groups in total. The van der Waals surface area contributed by atoms with Crippen LogP contribution in [-0.2, 0) is 16.4 Å². The minimum Gasteiger partial charge on any atom is -0.457 e. The third kappa shape index (κ3) is 5.80. The molecule has 0 aliphatic rings. The maximum Gasteiger partial charge on any atom is 0.238 e. The van der Waals surface area contributed by atoms with Crippen molar-refractivity contribution in [1.29, 1.82) is 5.41 Å². The monoisotopic (exact) mass is 519 g/mol. The molecule has 0 aliphatic carbocycles. The number of rotatable bonds is 8. The topological polar surface area (TPSA) is 136 Å². The molecule has 0 atom stereocenters. The summed E-state index contributed by atoms with van der Waals surface area (Å²) in [5.41, 5.74) is 8.23. The molecule has 0 saturated heterocycles. The molecular formula is C27H22ClN3O4S. The number of nitrogens with two attached hydrogens (primary N) is 2. The Morgan fingerprint density at radius 1 is 0.889 bits per heavy atom. The van der Waals surface area contributed by atoms with Gasteiger partial charge in [0.2, 0.25) is 10.0 Å². The predicted molar refractivity (Wildman–Crippen MR) is 140 cm³/mol. The zero-order valence-corrected chi connectivity index (χ0v) is 20.5. The molecule has 0 amide bonds. The number of hydrogen-bond acceptors (Lipinski definition) is 5. The lowest BCUT2D eigenvalue weighted by Gasteiger charge is -2.13. The predicted octanol–water partition coefficient (Wildman–Crippen LogP) is 5.16. The van der Waals surface area contributed by atoms with E-state index in [1.807, 2.05) is 0 Å². The molecule has 9 heteroatoms. The Kier molecular flexibility index (Phi) is 7.21. The number of carbonyl (C=O) groups is 1. The quantitative estimate of drug-likeness (QED) is 0.168. The Hall–Kier alpha value is -3.98. The van der Waals surface area contributed by atoms with Crippen LogP contribution in [0.5, 0.6) is 11.5 Å². The maximum atomic E-state index is 13.1. The number of ketones is 1. The van der Waals surface area contributed by atoms with Crippen LogP contribution in [0.3, 0.4) is 0 Å². The molecule has 182 valence electrons. The number of ether oxygens (including phenoxy) is 1. The van der Waals surface area contributed by atoms with E-state index in [0.717, 1.165) is 0 Å². The van der Waals surface area contributed by atoms with Gasteiger partial charge in [0.25, 0.3) is 0 Å². The smallest absolute Gasteiger partial charge is 0.238 e. The van der Waals surface area contributed by atoms with E-state index in [-0.39, 0.29) is 22.9 Å². The number of primary sulfonamides is 1. The first kappa shape index (κ1) is 25.1. The van der Waals surface area contributed by atoms with Crippen molar-refractivity contribution in [2.24, 2.45) is 10.9 Å². The lowest BCUT2D eigenvalue weighted by molar-refractivity contribution is 0.0992. The van der Waals surface area contributed by atoms with Crippen molar-refractivity contribution in [1.82, 2.24) is 0 Å². The van der Waals surface area contributed by atoms with Crippen molar-refractivity contribution in [3.05, 3.63) is 113 Å². The van der Waals surface area contributed by atoms with Gasteiger partial charge in [-0.2, -0.15) is 0 Å². The molecule has 0 bridgehead atoms. The van der Waals surface area contributed by atoms with Crippen molar-refractivity contribution in [2.45, 2.75) is 11.3 Å². The maximum absolute atomic E-state index is 13.1. The molecule has 0 aliphatic heterocycles. The second-order valence-corrected chi connectivity index (χ2v) is 9.98. The molecule has 7 nitrogen and oxygen atoms in total. The highest BCUT2D eigenvalue weighted by Crippen LogP contribution is 2.31. The second-order valence-electron chi connectivity index (χ2n) is 8.01. The summed E-state index contributed by atoms with van der Waals surface area (Å²) in [5.74, 6) is 0.620. The molecular weight excluding hydrogens is 498 g/mol. The summed E-state index contributed by atoms with van der Waals surface area (Å²) in [6.45, 7) is 0. The van der Waals surface area contributed by atoms with Crippen LogP contribution < -0.4 is 15.6 Å². The standard InChI is InChI=1S/C27H22ClN3O4S/c28-21-13-12-19(25(16-21)35-22-5-3-4-20(14-22)27(29)30)15-24(32)18-10-8-17(9-11-18)23-6-1-2-7-26(23)36(31,33)34/h1-14,16H,15H2,(H3,29,30)(H2,31,33,34). The van der Waals surface area contributed by atoms with Crippen LogP contribution in [0.1, 0.15) is 21.5 Å². The lowest BCUT2D eigenvalue weighted by atomic mass is 9.99. The van der Waals surface area contributed by atoms with Crippen molar-refractivity contribution in [3.63, 3.8) is 0 Å². The summed E-state index contributed by atoms with van der Waals surface area (Å²) in [6, 6.07) is 24.9. The highest BCUT2D eigenvalue weighted by Gasteiger charge is 2.16. The Morgan fingerprint density at radius 2 is 1.61 bits per heavy atom. The molecule has 0 aromatic heterocycles. The van der Waals surface area contributed by atoms with Crippen LogP contribution in [0.4, 0.5) is 0 Å². The number of sulfonamides is 1. The number of nitrogens with one attached hydrogen (secondary N) is 1. The first-order valence-corrected chi connectivity index (χ1v) is 12.7. The van der Waals surface area contributed by atoms with E-state index >= 15 is 0 Å². The van der Waals surface area contributed by atoms with Gasteiger partial charge >= 0.3 is 0 Å². The number of hydrogen-bond donors (Lipinski definition) is 3. The zero-order chi connectivity index (χ0) is 25.9. The van der Waals surface area contributed by atoms with Crippen molar-refractivity contribution in [2.75, 3.05) is 0 Å². The minimum absolute atomic E-state index is 0.0147. The Bertz CT molecular complexity index is 1570. The molecule has 36 heavy (non-hydrogen) atoms. The normalized spacial score (nSPS) is 11.2. The van der Waals surface area contributed by atoms with Crippen LogP contribution >= 0.6 is 11.6 Å². The Balaban J connectivity index is 1.58. The third-order valence-electron chi connectivity index (χ3n) is 5.46. The number of benzene rings is 4. The minimum atomic E-state index is -3.90. The Morgan fingerprint density at radius 3 is 2.31 bits per heavy atom. The van der Waals surface area contributed by atoms with Gasteiger partial charge in [0.15, 0.2) is 5.78 Å². The lowest BCUT2D eigenvalue weighted by Crippen LogP contribution is -2.13. The van der Waals surface area contributed by atoms with Gasteiger partial charge in [0.1, 0.15) is 17.3 Å². The SMILES string of the molecule is N=C(N)c1cccc(Oc2cc(Cl)ccc2CC(=O)c2ccc(-c3ccccc3S(N)(=O)=O)cc2)c1. The summed E-state index contributed by atoms with van der Waals surface area (Å²) in [6.07, 6.45) is 0.0476. The first-order chi connectivity index (χ1) is 17.1. The molecule has 0 radical (unpaired) electrons. The molecule has 0 spiro atoms. The van der Waals surface area contributed by atoms with E-state index in [1.165, 1.54) is 6.07 Å². The molecule has 0 fully saturated rings. The summed E-state index contributed by atoms with van der Waals surface area (Å²) in [7, 11) is -3.90. The zero-order valence-electron chi connectivity index (χ0n) is 18.9. The van der Waals surface area contributed by atoms with Crippen LogP contribution in [-0.4, -0.2) is 20.0 Å². The van der Waals surface area contributed by atoms with Gasteiger partial charge in [-0.1, -0.05) is 72.3 Å². The number of Topliss-reactive ketones (excluding diaryl/α,β-unsaturated/α-hetero) is 1. The average molecular weight is 520 g/mol. The van der Waals surface area contributed by atoms with E-state index in [9.17, 15) is 13.2 Å². The summed E-state index contributed by atoms with van der Waals surface area (Å²) < 4.78 is 29.8. The van der Waals surface area contributed by atoms with Gasteiger partial charge in [-0.15, -0.1) is 0 Å². The van der Waals surface area contributed by atoms with Gasteiger partial charge in [-0.25, -0.2) is 13.6 Å². The molecule has 0 heterocycles. The van der Waals surface area contributed by atoms with Gasteiger partial charge in [0, 0.05) is 33.7 Å². The number of carbonyl (C=O) groups excluding carboxylic acids is 1. The highest BCUT2D eigenvalue weighted by atomic mass is 35.5.